The molecule has 0 spiro atoms. The number of aromatic nitrogens is 5. The van der Waals surface area contributed by atoms with Crippen LogP contribution in [0, 0.1) is 12.7 Å². The molecular formula is C27H29FN6O3. The third kappa shape index (κ3) is 5.37. The zero-order valence-corrected chi connectivity index (χ0v) is 21.3. The Morgan fingerprint density at radius 2 is 2.03 bits per heavy atom. The van der Waals surface area contributed by atoms with Gasteiger partial charge in [-0.15, -0.1) is 0 Å². The molecule has 1 saturated heterocycles. The van der Waals surface area contributed by atoms with Crippen LogP contribution < -0.4 is 4.74 Å². The SMILES string of the molecule is Cc1cc(-c2nc(-c3cnn4ccccc34)nc(O[C@@H]3CCCN(C(=O)OC(C)(C)C)C3)c2F)ccn1. The summed E-state index contributed by atoms with van der Waals surface area (Å²) in [6, 6.07) is 9.12. The minimum absolute atomic E-state index is 0.112. The molecule has 5 rings (SSSR count). The number of amides is 1. The van der Waals surface area contributed by atoms with Crippen LogP contribution in [0.2, 0.25) is 0 Å². The van der Waals surface area contributed by atoms with Gasteiger partial charge in [0.25, 0.3) is 5.88 Å². The molecular weight excluding hydrogens is 475 g/mol. The Balaban J connectivity index is 1.52. The number of ether oxygens (including phenoxy) is 2. The summed E-state index contributed by atoms with van der Waals surface area (Å²) in [4.78, 5) is 27.5. The van der Waals surface area contributed by atoms with Crippen LogP contribution in [0.3, 0.4) is 0 Å². The number of hydrogen-bond acceptors (Lipinski definition) is 7. The molecule has 0 aliphatic carbocycles. The smallest absolute Gasteiger partial charge is 0.410 e. The maximum Gasteiger partial charge on any atom is 0.410 e. The van der Waals surface area contributed by atoms with Crippen molar-refractivity contribution in [2.75, 3.05) is 13.1 Å². The maximum atomic E-state index is 15.9. The molecule has 0 saturated carbocycles. The van der Waals surface area contributed by atoms with Gasteiger partial charge in [0.15, 0.2) is 5.82 Å². The van der Waals surface area contributed by atoms with Crippen LogP contribution in [0.25, 0.3) is 28.2 Å². The minimum atomic E-state index is -0.666. The van der Waals surface area contributed by atoms with Crippen LogP contribution in [0.15, 0.2) is 48.9 Å². The number of halogens is 1. The molecule has 5 heterocycles. The van der Waals surface area contributed by atoms with Gasteiger partial charge in [-0.2, -0.15) is 14.5 Å². The van der Waals surface area contributed by atoms with Crippen LogP contribution in [-0.2, 0) is 4.74 Å². The lowest BCUT2D eigenvalue weighted by molar-refractivity contribution is 0.00676. The second-order valence-electron chi connectivity index (χ2n) is 10.1. The van der Waals surface area contributed by atoms with Gasteiger partial charge < -0.3 is 14.4 Å². The van der Waals surface area contributed by atoms with Gasteiger partial charge in [-0.3, -0.25) is 4.98 Å². The molecule has 0 unspecified atom stereocenters. The average Bonchev–Trinajstić information content (AvgIpc) is 3.29. The number of rotatable bonds is 4. The summed E-state index contributed by atoms with van der Waals surface area (Å²) in [6.45, 7) is 8.12. The number of carbonyl (C=O) groups is 1. The van der Waals surface area contributed by atoms with Crippen molar-refractivity contribution in [2.24, 2.45) is 0 Å². The molecule has 1 aliphatic rings. The van der Waals surface area contributed by atoms with Gasteiger partial charge in [0.2, 0.25) is 5.82 Å². The molecule has 37 heavy (non-hydrogen) atoms. The quantitative estimate of drug-likeness (QED) is 0.383. The fourth-order valence-corrected chi connectivity index (χ4v) is 4.30. The normalized spacial score (nSPS) is 16.1. The fraction of sp³-hybridized carbons (Fsp3) is 0.370. The number of likely N-dealkylation sites (tertiary alicyclic amines) is 1. The van der Waals surface area contributed by atoms with E-state index in [4.69, 9.17) is 9.47 Å². The maximum absolute atomic E-state index is 15.9. The van der Waals surface area contributed by atoms with Gasteiger partial charge in [0.1, 0.15) is 17.4 Å². The molecule has 0 N–H and O–H groups in total. The number of nitrogens with zero attached hydrogens (tertiary/aromatic N) is 6. The Labute approximate surface area is 214 Å². The van der Waals surface area contributed by atoms with Crippen LogP contribution in [0.5, 0.6) is 5.88 Å². The molecule has 4 aromatic rings. The van der Waals surface area contributed by atoms with Crippen molar-refractivity contribution >= 4 is 11.6 Å². The first-order valence-corrected chi connectivity index (χ1v) is 12.3. The first-order chi connectivity index (χ1) is 17.7. The third-order valence-electron chi connectivity index (χ3n) is 5.97. The highest BCUT2D eigenvalue weighted by atomic mass is 19.1. The largest absolute Gasteiger partial charge is 0.470 e. The Morgan fingerprint density at radius 3 is 2.81 bits per heavy atom. The van der Waals surface area contributed by atoms with Crippen LogP contribution >= 0.6 is 0 Å². The predicted molar refractivity (Wildman–Crippen MR) is 136 cm³/mol. The summed E-state index contributed by atoms with van der Waals surface area (Å²) >= 11 is 0. The van der Waals surface area contributed by atoms with E-state index in [1.54, 1.807) is 33.9 Å². The molecule has 4 aromatic heterocycles. The fourth-order valence-electron chi connectivity index (χ4n) is 4.30. The van der Waals surface area contributed by atoms with Crippen molar-refractivity contribution in [2.45, 2.75) is 52.2 Å². The Hall–Kier alpha value is -4.08. The summed E-state index contributed by atoms with van der Waals surface area (Å²) in [5.74, 6) is -0.539. The number of carbonyl (C=O) groups excluding carboxylic acids is 1. The average molecular weight is 505 g/mol. The van der Waals surface area contributed by atoms with Gasteiger partial charge >= 0.3 is 6.09 Å². The van der Waals surface area contributed by atoms with Gasteiger partial charge in [-0.1, -0.05) is 6.07 Å². The van der Waals surface area contributed by atoms with E-state index in [9.17, 15) is 4.79 Å². The van der Waals surface area contributed by atoms with Gasteiger partial charge in [-0.05, 0) is 64.8 Å². The zero-order chi connectivity index (χ0) is 26.2. The molecule has 1 aliphatic heterocycles. The molecule has 1 fully saturated rings. The van der Waals surface area contributed by atoms with E-state index in [-0.39, 0.29) is 18.1 Å². The number of hydrogen-bond donors (Lipinski definition) is 0. The summed E-state index contributed by atoms with van der Waals surface area (Å²) in [5, 5.41) is 4.37. The molecule has 1 atom stereocenters. The topological polar surface area (TPSA) is 94.7 Å². The van der Waals surface area contributed by atoms with Gasteiger partial charge in [-0.25, -0.2) is 14.3 Å². The van der Waals surface area contributed by atoms with Crippen molar-refractivity contribution in [1.82, 2.24) is 29.5 Å². The van der Waals surface area contributed by atoms with E-state index in [0.29, 0.717) is 36.3 Å². The second kappa shape index (κ2) is 9.76. The van der Waals surface area contributed by atoms with E-state index in [1.165, 1.54) is 0 Å². The van der Waals surface area contributed by atoms with Crippen LogP contribution in [-0.4, -0.2) is 60.4 Å². The van der Waals surface area contributed by atoms with Crippen LogP contribution in [0.4, 0.5) is 9.18 Å². The standard InChI is InChI=1S/C27H29FN6O3/c1-17-14-18(10-11-29-17)23-22(28)25(32-24(31-23)20-15-30-34-13-6-5-9-21(20)34)36-19-8-7-12-33(16-19)26(35)37-27(2,3)4/h5-6,9-11,13-15,19H,7-8,12,16H2,1-4H3/t19-/m1/s1. The zero-order valence-electron chi connectivity index (χ0n) is 21.3. The highest BCUT2D eigenvalue weighted by Gasteiger charge is 2.30. The highest BCUT2D eigenvalue weighted by Crippen LogP contribution is 2.32. The first-order valence-electron chi connectivity index (χ1n) is 12.3. The van der Waals surface area contributed by atoms with Gasteiger partial charge in [0, 0.05) is 30.2 Å². The van der Waals surface area contributed by atoms with Crippen molar-refractivity contribution < 1.29 is 18.7 Å². The minimum Gasteiger partial charge on any atom is -0.470 e. The first kappa shape index (κ1) is 24.6. The number of piperidine rings is 1. The Bertz CT molecular complexity index is 1450. The molecule has 192 valence electrons. The lowest BCUT2D eigenvalue weighted by Gasteiger charge is -2.34. The molecule has 10 heteroatoms. The molecule has 9 nitrogen and oxygen atoms in total. The lowest BCUT2D eigenvalue weighted by Crippen LogP contribution is -2.46. The Morgan fingerprint density at radius 1 is 1.19 bits per heavy atom. The van der Waals surface area contributed by atoms with E-state index >= 15 is 4.39 Å². The van der Waals surface area contributed by atoms with Gasteiger partial charge in [0.05, 0.1) is 23.8 Å². The Kier molecular flexibility index (Phi) is 6.49. The van der Waals surface area contributed by atoms with Crippen molar-refractivity contribution in [1.29, 1.82) is 0 Å². The molecule has 0 aromatic carbocycles. The molecule has 1 amide bonds. The summed E-state index contributed by atoms with van der Waals surface area (Å²) in [5.41, 5.74) is 2.23. The summed E-state index contributed by atoms with van der Waals surface area (Å²) in [6.07, 6.45) is 5.57. The molecule has 0 bridgehead atoms. The number of aryl methyl sites for hydroxylation is 1. The van der Waals surface area contributed by atoms with Crippen molar-refractivity contribution in [3.63, 3.8) is 0 Å². The number of pyridine rings is 2. The van der Waals surface area contributed by atoms with E-state index in [2.05, 4.69) is 20.1 Å². The van der Waals surface area contributed by atoms with Crippen molar-refractivity contribution in [3.05, 3.63) is 60.4 Å². The monoisotopic (exact) mass is 504 g/mol. The predicted octanol–water partition coefficient (Wildman–Crippen LogP) is 5.08. The second-order valence-corrected chi connectivity index (χ2v) is 10.1. The summed E-state index contributed by atoms with van der Waals surface area (Å²) < 4.78 is 29.2. The van der Waals surface area contributed by atoms with Crippen molar-refractivity contribution in [3.8, 4) is 28.5 Å². The van der Waals surface area contributed by atoms with E-state index < -0.39 is 23.6 Å². The number of fused-ring (bicyclic) bond motifs is 1. The summed E-state index contributed by atoms with van der Waals surface area (Å²) in [7, 11) is 0. The van der Waals surface area contributed by atoms with E-state index in [1.807, 2.05) is 52.1 Å². The lowest BCUT2D eigenvalue weighted by atomic mass is 10.1. The third-order valence-corrected chi connectivity index (χ3v) is 5.97. The molecule has 0 radical (unpaired) electrons. The highest BCUT2D eigenvalue weighted by molar-refractivity contribution is 5.77. The van der Waals surface area contributed by atoms with Crippen LogP contribution in [0.1, 0.15) is 39.3 Å². The van der Waals surface area contributed by atoms with E-state index in [0.717, 1.165) is 11.2 Å².